The summed E-state index contributed by atoms with van der Waals surface area (Å²) in [4.78, 5) is 15.9. The summed E-state index contributed by atoms with van der Waals surface area (Å²) < 4.78 is 37.6. The van der Waals surface area contributed by atoms with Crippen molar-refractivity contribution in [1.29, 1.82) is 0 Å². The van der Waals surface area contributed by atoms with Crippen LogP contribution in [-0.4, -0.2) is 16.9 Å². The molecule has 4 nitrogen and oxygen atoms in total. The number of halogens is 3. The fourth-order valence-corrected chi connectivity index (χ4v) is 2.03. The molecule has 0 bridgehead atoms. The van der Waals surface area contributed by atoms with E-state index >= 15 is 0 Å². The molecule has 2 aromatic rings. The molecule has 1 saturated carbocycles. The molecular formula is C16H14F3N3O. The third-order valence-corrected chi connectivity index (χ3v) is 3.41. The number of hydrogen-bond acceptors (Lipinski definition) is 3. The molecule has 3 rings (SSSR count). The highest BCUT2D eigenvalue weighted by molar-refractivity contribution is 5.93. The molecule has 0 atom stereocenters. The number of rotatable bonds is 4. The van der Waals surface area contributed by atoms with Crippen LogP contribution < -0.4 is 10.6 Å². The maximum atomic E-state index is 12.5. The van der Waals surface area contributed by atoms with Crippen molar-refractivity contribution in [2.45, 2.75) is 25.1 Å². The molecule has 0 saturated heterocycles. The highest BCUT2D eigenvalue weighted by Crippen LogP contribution is 2.30. The average Bonchev–Trinajstić information content (AvgIpc) is 3.31. The predicted octanol–water partition coefficient (Wildman–Crippen LogP) is 3.74. The Morgan fingerprint density at radius 1 is 1.09 bits per heavy atom. The maximum absolute atomic E-state index is 12.5. The number of nitrogens with zero attached hydrogens (tertiary/aromatic N) is 1. The van der Waals surface area contributed by atoms with Gasteiger partial charge in [-0.2, -0.15) is 13.2 Å². The van der Waals surface area contributed by atoms with Crippen molar-refractivity contribution >= 4 is 17.3 Å². The van der Waals surface area contributed by atoms with Gasteiger partial charge in [-0.15, -0.1) is 0 Å². The number of amides is 1. The molecule has 2 N–H and O–H groups in total. The molecule has 1 amide bonds. The molecule has 7 heteroatoms. The summed E-state index contributed by atoms with van der Waals surface area (Å²) in [5.74, 6) is -0.247. The molecule has 0 aliphatic heterocycles. The maximum Gasteiger partial charge on any atom is 0.416 e. The highest BCUT2D eigenvalue weighted by atomic mass is 19.4. The normalized spacial score (nSPS) is 14.4. The minimum atomic E-state index is -4.36. The monoisotopic (exact) mass is 321 g/mol. The average molecular weight is 321 g/mol. The zero-order valence-electron chi connectivity index (χ0n) is 12.0. The van der Waals surface area contributed by atoms with E-state index in [2.05, 4.69) is 15.6 Å². The fraction of sp³-hybridized carbons (Fsp3) is 0.250. The quantitative estimate of drug-likeness (QED) is 0.902. The highest BCUT2D eigenvalue weighted by Gasteiger charge is 2.30. The first-order valence-electron chi connectivity index (χ1n) is 7.13. The van der Waals surface area contributed by atoms with Gasteiger partial charge in [-0.3, -0.25) is 9.78 Å². The van der Waals surface area contributed by atoms with Crippen LogP contribution in [0.2, 0.25) is 0 Å². The second kappa shape index (κ2) is 5.91. The Balaban J connectivity index is 1.71. The van der Waals surface area contributed by atoms with Crippen molar-refractivity contribution in [3.05, 3.63) is 53.9 Å². The number of carbonyl (C=O) groups is 1. The van der Waals surface area contributed by atoms with Crippen LogP contribution in [0.3, 0.4) is 0 Å². The topological polar surface area (TPSA) is 54.0 Å². The van der Waals surface area contributed by atoms with E-state index in [9.17, 15) is 18.0 Å². The summed E-state index contributed by atoms with van der Waals surface area (Å²) in [6.45, 7) is 0. The first-order chi connectivity index (χ1) is 10.9. The van der Waals surface area contributed by atoms with Crippen LogP contribution in [-0.2, 0) is 6.18 Å². The van der Waals surface area contributed by atoms with Gasteiger partial charge >= 0.3 is 6.18 Å². The fourth-order valence-electron chi connectivity index (χ4n) is 2.03. The largest absolute Gasteiger partial charge is 0.416 e. The van der Waals surface area contributed by atoms with Gasteiger partial charge in [0.05, 0.1) is 5.56 Å². The predicted molar refractivity (Wildman–Crippen MR) is 79.5 cm³/mol. The van der Waals surface area contributed by atoms with Crippen LogP contribution in [0.4, 0.5) is 24.5 Å². The number of alkyl halides is 3. The third-order valence-electron chi connectivity index (χ3n) is 3.41. The SMILES string of the molecule is O=C(NC1CC1)c1cc(Nc2ccc(C(F)(F)F)cc2)ccn1. The number of hydrogen-bond donors (Lipinski definition) is 2. The van der Waals surface area contributed by atoms with Crippen LogP contribution in [0.15, 0.2) is 42.6 Å². The Bertz CT molecular complexity index is 709. The molecule has 1 aromatic heterocycles. The molecule has 1 aliphatic rings. The number of aromatic nitrogens is 1. The van der Waals surface area contributed by atoms with E-state index in [1.165, 1.54) is 18.3 Å². The zero-order valence-corrected chi connectivity index (χ0v) is 12.0. The number of anilines is 2. The molecule has 0 spiro atoms. The van der Waals surface area contributed by atoms with Gasteiger partial charge in [0.25, 0.3) is 5.91 Å². The molecule has 1 heterocycles. The van der Waals surface area contributed by atoms with E-state index in [0.717, 1.165) is 25.0 Å². The van der Waals surface area contributed by atoms with Gasteiger partial charge < -0.3 is 10.6 Å². The van der Waals surface area contributed by atoms with Crippen LogP contribution in [0.5, 0.6) is 0 Å². The summed E-state index contributed by atoms with van der Waals surface area (Å²) in [5, 5.41) is 5.79. The first-order valence-corrected chi connectivity index (χ1v) is 7.13. The molecule has 0 unspecified atom stereocenters. The molecule has 1 fully saturated rings. The molecule has 23 heavy (non-hydrogen) atoms. The van der Waals surface area contributed by atoms with Gasteiger partial charge in [0.1, 0.15) is 5.69 Å². The Kier molecular flexibility index (Phi) is 3.94. The van der Waals surface area contributed by atoms with Crippen molar-refractivity contribution in [2.24, 2.45) is 0 Å². The molecule has 0 radical (unpaired) electrons. The standard InChI is InChI=1S/C16H14F3N3O/c17-16(18,19)10-1-3-11(4-2-10)21-13-7-8-20-14(9-13)15(23)22-12-5-6-12/h1-4,7-9,12H,5-6H2,(H,20,21)(H,22,23). The van der Waals surface area contributed by atoms with E-state index in [-0.39, 0.29) is 17.6 Å². The van der Waals surface area contributed by atoms with Gasteiger partial charge in [0, 0.05) is 23.6 Å². The van der Waals surface area contributed by atoms with E-state index < -0.39 is 11.7 Å². The third kappa shape index (κ3) is 4.00. The van der Waals surface area contributed by atoms with Gasteiger partial charge in [0.15, 0.2) is 0 Å². The van der Waals surface area contributed by atoms with E-state index in [1.807, 2.05) is 0 Å². The van der Waals surface area contributed by atoms with E-state index in [4.69, 9.17) is 0 Å². The molecule has 1 aromatic carbocycles. The first kappa shape index (κ1) is 15.3. The zero-order chi connectivity index (χ0) is 16.4. The Labute approximate surface area is 130 Å². The number of nitrogens with one attached hydrogen (secondary N) is 2. The van der Waals surface area contributed by atoms with Crippen molar-refractivity contribution in [1.82, 2.24) is 10.3 Å². The lowest BCUT2D eigenvalue weighted by Crippen LogP contribution is -2.26. The Hall–Kier alpha value is -2.57. The Morgan fingerprint density at radius 2 is 1.78 bits per heavy atom. The van der Waals surface area contributed by atoms with Crippen molar-refractivity contribution < 1.29 is 18.0 Å². The summed E-state index contributed by atoms with van der Waals surface area (Å²) in [5.41, 5.74) is 0.648. The summed E-state index contributed by atoms with van der Waals surface area (Å²) in [6.07, 6.45) is -0.915. The van der Waals surface area contributed by atoms with Crippen LogP contribution in [0, 0.1) is 0 Å². The summed E-state index contributed by atoms with van der Waals surface area (Å²) in [7, 11) is 0. The molecule has 1 aliphatic carbocycles. The lowest BCUT2D eigenvalue weighted by atomic mass is 10.2. The number of pyridine rings is 1. The van der Waals surface area contributed by atoms with Gasteiger partial charge in [0.2, 0.25) is 0 Å². The van der Waals surface area contributed by atoms with Gasteiger partial charge in [-0.1, -0.05) is 0 Å². The summed E-state index contributed by atoms with van der Waals surface area (Å²) >= 11 is 0. The number of carbonyl (C=O) groups excluding carboxylic acids is 1. The summed E-state index contributed by atoms with van der Waals surface area (Å²) in [6, 6.07) is 8.13. The second-order valence-electron chi connectivity index (χ2n) is 5.38. The second-order valence-corrected chi connectivity index (χ2v) is 5.38. The smallest absolute Gasteiger partial charge is 0.355 e. The van der Waals surface area contributed by atoms with Crippen molar-refractivity contribution in [3.8, 4) is 0 Å². The van der Waals surface area contributed by atoms with Crippen molar-refractivity contribution in [3.63, 3.8) is 0 Å². The van der Waals surface area contributed by atoms with E-state index in [0.29, 0.717) is 11.4 Å². The van der Waals surface area contributed by atoms with E-state index in [1.54, 1.807) is 12.1 Å². The lowest BCUT2D eigenvalue weighted by molar-refractivity contribution is -0.137. The Morgan fingerprint density at radius 3 is 2.39 bits per heavy atom. The van der Waals surface area contributed by atoms with Crippen LogP contribution in [0.1, 0.15) is 28.9 Å². The molecule has 120 valence electrons. The van der Waals surface area contributed by atoms with Gasteiger partial charge in [-0.25, -0.2) is 0 Å². The minimum Gasteiger partial charge on any atom is -0.355 e. The lowest BCUT2D eigenvalue weighted by Gasteiger charge is -2.10. The minimum absolute atomic E-state index is 0.232. The van der Waals surface area contributed by atoms with Crippen LogP contribution >= 0.6 is 0 Å². The van der Waals surface area contributed by atoms with Gasteiger partial charge in [-0.05, 0) is 49.2 Å². The molecular weight excluding hydrogens is 307 g/mol. The van der Waals surface area contributed by atoms with Crippen LogP contribution in [0.25, 0.3) is 0 Å². The number of benzene rings is 1. The van der Waals surface area contributed by atoms with Crippen molar-refractivity contribution in [2.75, 3.05) is 5.32 Å².